The van der Waals surface area contributed by atoms with E-state index in [-0.39, 0.29) is 11.3 Å². The van der Waals surface area contributed by atoms with Gasteiger partial charge >= 0.3 is 0 Å². The molecule has 0 aliphatic heterocycles. The molecule has 0 heterocycles. The molecule has 11 heavy (non-hydrogen) atoms. The Labute approximate surface area is 69.4 Å². The quantitative estimate of drug-likeness (QED) is 0.656. The lowest BCUT2D eigenvalue weighted by molar-refractivity contribution is 0.107. The number of benzene rings is 1. The summed E-state index contributed by atoms with van der Waals surface area (Å²) in [5, 5.41) is 8.47. The van der Waals surface area contributed by atoms with Crippen LogP contribution in [0.3, 0.4) is 0 Å². The van der Waals surface area contributed by atoms with E-state index < -0.39 is 5.24 Å². The fourth-order valence-corrected chi connectivity index (χ4v) is 0.959. The largest absolute Gasteiger partial charge is 0.507 e. The van der Waals surface area contributed by atoms with Crippen molar-refractivity contribution in [2.45, 2.75) is 6.92 Å². The highest BCUT2D eigenvalue weighted by Crippen LogP contribution is 2.19. The number of aryl methyl sites for hydroxylation is 1. The van der Waals surface area contributed by atoms with Gasteiger partial charge in [-0.1, -0.05) is 11.6 Å². The minimum Gasteiger partial charge on any atom is -0.507 e. The number of carbonyl (C=O) groups is 1. The third-order valence-electron chi connectivity index (χ3n) is 1.36. The van der Waals surface area contributed by atoms with Crippen molar-refractivity contribution in [2.75, 3.05) is 0 Å². The lowest BCUT2D eigenvalue weighted by atomic mass is 10.1. The van der Waals surface area contributed by atoms with E-state index in [4.69, 9.17) is 16.7 Å². The van der Waals surface area contributed by atoms with Crippen molar-refractivity contribution in [1.82, 2.24) is 0 Å². The zero-order chi connectivity index (χ0) is 8.43. The lowest BCUT2D eigenvalue weighted by Gasteiger charge is -1.98. The Morgan fingerprint density at radius 3 is 2.64 bits per heavy atom. The predicted octanol–water partition coefficient (Wildman–Crippen LogP) is 2.08. The van der Waals surface area contributed by atoms with Gasteiger partial charge in [-0.25, -0.2) is 0 Å². The first-order chi connectivity index (χ1) is 5.11. The van der Waals surface area contributed by atoms with Gasteiger partial charge in [0.1, 0.15) is 5.75 Å². The molecule has 1 N–H and O–H groups in total. The molecule has 1 aromatic rings. The number of hydrogen-bond acceptors (Lipinski definition) is 2. The number of hydrogen-bond donors (Lipinski definition) is 1. The average molecular weight is 171 g/mol. The summed E-state index contributed by atoms with van der Waals surface area (Å²) in [6, 6.07) is 4.70. The summed E-state index contributed by atoms with van der Waals surface area (Å²) in [5.41, 5.74) is 1.05. The first-order valence-electron chi connectivity index (χ1n) is 3.10. The average Bonchev–Trinajstić information content (AvgIpc) is 1.94. The molecule has 0 bridgehead atoms. The second-order valence-electron chi connectivity index (χ2n) is 2.29. The SMILES string of the molecule is Cc1ccc(O)c(C(=O)Cl)c1. The van der Waals surface area contributed by atoms with Crippen LogP contribution in [0, 0.1) is 6.92 Å². The fraction of sp³-hybridized carbons (Fsp3) is 0.125. The zero-order valence-corrected chi connectivity index (χ0v) is 6.72. The maximum absolute atomic E-state index is 10.6. The van der Waals surface area contributed by atoms with E-state index in [9.17, 15) is 4.79 Å². The maximum atomic E-state index is 10.6. The zero-order valence-electron chi connectivity index (χ0n) is 5.97. The number of halogens is 1. The van der Waals surface area contributed by atoms with Crippen molar-refractivity contribution in [3.8, 4) is 5.75 Å². The molecule has 0 spiro atoms. The molecule has 1 rings (SSSR count). The molecule has 0 fully saturated rings. The van der Waals surface area contributed by atoms with Crippen LogP contribution >= 0.6 is 11.6 Å². The molecule has 2 nitrogen and oxygen atoms in total. The van der Waals surface area contributed by atoms with Gasteiger partial charge in [-0.2, -0.15) is 0 Å². The molecule has 0 aliphatic rings. The van der Waals surface area contributed by atoms with E-state index in [1.54, 1.807) is 12.1 Å². The van der Waals surface area contributed by atoms with Crippen molar-refractivity contribution in [1.29, 1.82) is 0 Å². The van der Waals surface area contributed by atoms with Gasteiger partial charge in [0.05, 0.1) is 5.56 Å². The van der Waals surface area contributed by atoms with Gasteiger partial charge in [-0.05, 0) is 30.7 Å². The molecule has 0 unspecified atom stereocenters. The molecule has 0 aliphatic carbocycles. The third kappa shape index (κ3) is 1.71. The third-order valence-corrected chi connectivity index (χ3v) is 1.57. The molecule has 0 aromatic heterocycles. The summed E-state index contributed by atoms with van der Waals surface area (Å²) in [4.78, 5) is 10.6. The highest BCUT2D eigenvalue weighted by atomic mass is 35.5. The number of rotatable bonds is 1. The lowest BCUT2D eigenvalue weighted by Crippen LogP contribution is -1.89. The van der Waals surface area contributed by atoms with Gasteiger partial charge in [-0.15, -0.1) is 0 Å². The van der Waals surface area contributed by atoms with Crippen molar-refractivity contribution in [3.05, 3.63) is 29.3 Å². The van der Waals surface area contributed by atoms with Gasteiger partial charge in [0.2, 0.25) is 0 Å². The second-order valence-corrected chi connectivity index (χ2v) is 2.64. The van der Waals surface area contributed by atoms with Gasteiger partial charge in [0, 0.05) is 0 Å². The van der Waals surface area contributed by atoms with Crippen LogP contribution in [0.4, 0.5) is 0 Å². The van der Waals surface area contributed by atoms with E-state index in [0.29, 0.717) is 0 Å². The first kappa shape index (κ1) is 8.08. The van der Waals surface area contributed by atoms with Crippen molar-refractivity contribution >= 4 is 16.8 Å². The molecule has 0 atom stereocenters. The summed E-state index contributed by atoms with van der Waals surface area (Å²) < 4.78 is 0. The van der Waals surface area contributed by atoms with E-state index in [1.807, 2.05) is 6.92 Å². The molecule has 0 saturated carbocycles. The Morgan fingerprint density at radius 1 is 1.55 bits per heavy atom. The van der Waals surface area contributed by atoms with Crippen LogP contribution in [-0.2, 0) is 0 Å². The minimum absolute atomic E-state index is 0.0735. The van der Waals surface area contributed by atoms with E-state index in [1.165, 1.54) is 6.07 Å². The monoisotopic (exact) mass is 170 g/mol. The normalized spacial score (nSPS) is 9.64. The molecule has 0 saturated heterocycles. The van der Waals surface area contributed by atoms with E-state index >= 15 is 0 Å². The molecular formula is C8H7ClO2. The first-order valence-corrected chi connectivity index (χ1v) is 3.48. The molecule has 58 valence electrons. The van der Waals surface area contributed by atoms with Crippen LogP contribution in [-0.4, -0.2) is 10.3 Å². The number of aromatic hydroxyl groups is 1. The predicted molar refractivity (Wildman–Crippen MR) is 43.0 cm³/mol. The molecule has 0 radical (unpaired) electrons. The molecular weight excluding hydrogens is 164 g/mol. The van der Waals surface area contributed by atoms with Crippen LogP contribution in [0.2, 0.25) is 0 Å². The Kier molecular flexibility index (Phi) is 2.15. The van der Waals surface area contributed by atoms with Crippen LogP contribution in [0.5, 0.6) is 5.75 Å². The highest BCUT2D eigenvalue weighted by molar-refractivity contribution is 6.68. The second kappa shape index (κ2) is 2.93. The maximum Gasteiger partial charge on any atom is 0.256 e. The van der Waals surface area contributed by atoms with Crippen LogP contribution in [0.25, 0.3) is 0 Å². The number of phenolic OH excluding ortho intramolecular Hbond substituents is 1. The summed E-state index contributed by atoms with van der Waals surface area (Å²) in [7, 11) is 0. The Bertz CT molecular complexity index is 294. The van der Waals surface area contributed by atoms with Gasteiger partial charge in [0.25, 0.3) is 5.24 Å². The Balaban J connectivity index is 3.23. The molecule has 1 aromatic carbocycles. The van der Waals surface area contributed by atoms with E-state index in [0.717, 1.165) is 5.56 Å². The van der Waals surface area contributed by atoms with Crippen LogP contribution < -0.4 is 0 Å². The summed E-state index contributed by atoms with van der Waals surface area (Å²) in [6.07, 6.45) is 0. The molecule has 3 heteroatoms. The van der Waals surface area contributed by atoms with Crippen molar-refractivity contribution in [3.63, 3.8) is 0 Å². The van der Waals surface area contributed by atoms with Gasteiger partial charge < -0.3 is 5.11 Å². The van der Waals surface area contributed by atoms with Gasteiger partial charge in [-0.3, -0.25) is 4.79 Å². The van der Waals surface area contributed by atoms with Gasteiger partial charge in [0.15, 0.2) is 0 Å². The fourth-order valence-electron chi connectivity index (χ4n) is 0.807. The highest BCUT2D eigenvalue weighted by Gasteiger charge is 2.06. The van der Waals surface area contributed by atoms with Crippen LogP contribution in [0.1, 0.15) is 15.9 Å². The smallest absolute Gasteiger partial charge is 0.256 e. The number of phenols is 1. The van der Waals surface area contributed by atoms with Crippen molar-refractivity contribution < 1.29 is 9.90 Å². The Morgan fingerprint density at radius 2 is 2.18 bits per heavy atom. The Hall–Kier alpha value is -1.02. The van der Waals surface area contributed by atoms with Crippen LogP contribution in [0.15, 0.2) is 18.2 Å². The minimum atomic E-state index is -0.633. The summed E-state index contributed by atoms with van der Waals surface area (Å²) in [6.45, 7) is 1.82. The topological polar surface area (TPSA) is 37.3 Å². The van der Waals surface area contributed by atoms with E-state index in [2.05, 4.69) is 0 Å². The summed E-state index contributed by atoms with van der Waals surface area (Å²) >= 11 is 5.18. The molecule has 0 amide bonds. The summed E-state index contributed by atoms with van der Waals surface area (Å²) in [5.74, 6) is -0.0735. The standard InChI is InChI=1S/C8H7ClO2/c1-5-2-3-7(10)6(4-5)8(9)11/h2-4,10H,1H3. The number of carbonyl (C=O) groups excluding carboxylic acids is 1. The van der Waals surface area contributed by atoms with Crippen molar-refractivity contribution in [2.24, 2.45) is 0 Å².